The van der Waals surface area contributed by atoms with Crippen molar-refractivity contribution in [3.8, 4) is 0 Å². The molecule has 0 saturated carbocycles. The van der Waals surface area contributed by atoms with Crippen LogP contribution in [0, 0.1) is 0 Å². The molecule has 0 aromatic heterocycles. The minimum atomic E-state index is 0.337. The van der Waals surface area contributed by atoms with E-state index < -0.39 is 0 Å². The summed E-state index contributed by atoms with van der Waals surface area (Å²) in [6.45, 7) is 8.84. The first kappa shape index (κ1) is 17.5. The molecule has 114 valence electrons. The summed E-state index contributed by atoms with van der Waals surface area (Å²) in [6, 6.07) is 9.05. The third-order valence-electron chi connectivity index (χ3n) is 3.97. The van der Waals surface area contributed by atoms with Gasteiger partial charge >= 0.3 is 0 Å². The predicted molar refractivity (Wildman–Crippen MR) is 89.5 cm³/mol. The maximum atomic E-state index is 6.33. The number of nitrogens with zero attached hydrogens (tertiary/aromatic N) is 1. The van der Waals surface area contributed by atoms with E-state index >= 15 is 0 Å². The molecular formula is C17H29ClN2. The van der Waals surface area contributed by atoms with Gasteiger partial charge < -0.3 is 5.32 Å². The smallest absolute Gasteiger partial charge is 0.0453 e. The van der Waals surface area contributed by atoms with Gasteiger partial charge in [-0.3, -0.25) is 4.90 Å². The fourth-order valence-corrected chi connectivity index (χ4v) is 2.87. The summed E-state index contributed by atoms with van der Waals surface area (Å²) in [5.74, 6) is 0. The average Bonchev–Trinajstić information content (AvgIpc) is 2.45. The Morgan fingerprint density at radius 2 is 1.90 bits per heavy atom. The van der Waals surface area contributed by atoms with Crippen molar-refractivity contribution in [1.82, 2.24) is 10.2 Å². The molecule has 3 heteroatoms. The normalized spacial score (nSPS) is 14.5. The zero-order valence-electron chi connectivity index (χ0n) is 13.3. The fraction of sp³-hybridized carbons (Fsp3) is 0.647. The summed E-state index contributed by atoms with van der Waals surface area (Å²) in [5, 5.41) is 4.41. The van der Waals surface area contributed by atoms with E-state index in [9.17, 15) is 0 Å². The Morgan fingerprint density at radius 3 is 2.50 bits per heavy atom. The van der Waals surface area contributed by atoms with Gasteiger partial charge in [0.05, 0.1) is 0 Å². The van der Waals surface area contributed by atoms with Crippen LogP contribution in [0.1, 0.15) is 51.6 Å². The summed E-state index contributed by atoms with van der Waals surface area (Å²) in [6.07, 6.45) is 3.60. The predicted octanol–water partition coefficient (Wildman–Crippen LogP) is 4.50. The van der Waals surface area contributed by atoms with Crippen molar-refractivity contribution in [2.45, 2.75) is 52.1 Å². The second-order valence-corrected chi connectivity index (χ2v) is 5.92. The summed E-state index contributed by atoms with van der Waals surface area (Å²) in [7, 11) is 2.21. The minimum Gasteiger partial charge on any atom is -0.315 e. The van der Waals surface area contributed by atoms with E-state index in [0.29, 0.717) is 12.1 Å². The van der Waals surface area contributed by atoms with E-state index in [-0.39, 0.29) is 0 Å². The van der Waals surface area contributed by atoms with Gasteiger partial charge in [0, 0.05) is 23.7 Å². The largest absolute Gasteiger partial charge is 0.315 e. The molecule has 0 spiro atoms. The Balaban J connectivity index is 2.72. The molecule has 1 rings (SSSR count). The van der Waals surface area contributed by atoms with E-state index in [1.807, 2.05) is 12.1 Å². The van der Waals surface area contributed by atoms with E-state index in [2.05, 4.69) is 50.2 Å². The first-order valence-corrected chi connectivity index (χ1v) is 8.16. The highest BCUT2D eigenvalue weighted by Crippen LogP contribution is 2.28. The third-order valence-corrected chi connectivity index (χ3v) is 4.32. The topological polar surface area (TPSA) is 15.3 Å². The number of hydrogen-bond acceptors (Lipinski definition) is 2. The van der Waals surface area contributed by atoms with Gasteiger partial charge in [-0.25, -0.2) is 0 Å². The highest BCUT2D eigenvalue weighted by Gasteiger charge is 2.21. The number of likely N-dealkylation sites (N-methyl/N-ethyl adjacent to an activating group) is 1. The van der Waals surface area contributed by atoms with Crippen LogP contribution in [0.4, 0.5) is 0 Å². The van der Waals surface area contributed by atoms with E-state index in [0.717, 1.165) is 18.1 Å². The number of halogens is 1. The summed E-state index contributed by atoms with van der Waals surface area (Å²) in [4.78, 5) is 2.45. The molecule has 2 unspecified atom stereocenters. The Kier molecular flexibility index (Phi) is 8.20. The zero-order chi connectivity index (χ0) is 15.0. The molecule has 0 fully saturated rings. The molecule has 1 N–H and O–H groups in total. The molecule has 0 aliphatic rings. The molecule has 0 aliphatic heterocycles. The maximum Gasteiger partial charge on any atom is 0.0453 e. The number of benzene rings is 1. The lowest BCUT2D eigenvalue weighted by atomic mass is 10.0. The van der Waals surface area contributed by atoms with E-state index in [1.54, 1.807) is 0 Å². The molecule has 1 aromatic carbocycles. The highest BCUT2D eigenvalue weighted by atomic mass is 35.5. The third kappa shape index (κ3) is 5.08. The number of nitrogens with one attached hydrogen (secondary N) is 1. The highest BCUT2D eigenvalue weighted by molar-refractivity contribution is 6.31. The van der Waals surface area contributed by atoms with E-state index in [1.165, 1.54) is 24.8 Å². The Hall–Kier alpha value is -0.570. The molecule has 0 aliphatic carbocycles. The van der Waals surface area contributed by atoms with Gasteiger partial charge in [-0.2, -0.15) is 0 Å². The summed E-state index contributed by atoms with van der Waals surface area (Å²) >= 11 is 6.33. The number of hydrogen-bond donors (Lipinski definition) is 1. The van der Waals surface area contributed by atoms with Gasteiger partial charge in [0.15, 0.2) is 0 Å². The monoisotopic (exact) mass is 296 g/mol. The van der Waals surface area contributed by atoms with Crippen LogP contribution in [0.5, 0.6) is 0 Å². The number of rotatable bonds is 9. The standard InChI is InChI=1S/C17H29ClN2/c1-5-9-15(13-19-12-6-2)20(4)14(3)16-10-7-8-11-17(16)18/h7-8,10-11,14-15,19H,5-6,9,12-13H2,1-4H3. The van der Waals surface area contributed by atoms with Gasteiger partial charge in [0.1, 0.15) is 0 Å². The van der Waals surface area contributed by atoms with Crippen molar-refractivity contribution in [3.05, 3.63) is 34.9 Å². The fourth-order valence-electron chi connectivity index (χ4n) is 2.58. The Labute approximate surface area is 129 Å². The molecule has 0 saturated heterocycles. The molecule has 0 amide bonds. The van der Waals surface area contributed by atoms with Crippen LogP contribution in [0.2, 0.25) is 5.02 Å². The second-order valence-electron chi connectivity index (χ2n) is 5.51. The summed E-state index contributed by atoms with van der Waals surface area (Å²) in [5.41, 5.74) is 1.22. The Morgan fingerprint density at radius 1 is 1.20 bits per heavy atom. The molecule has 2 atom stereocenters. The lowest BCUT2D eigenvalue weighted by Crippen LogP contribution is -2.41. The van der Waals surface area contributed by atoms with Crippen LogP contribution in [0.3, 0.4) is 0 Å². The lowest BCUT2D eigenvalue weighted by Gasteiger charge is -2.34. The SMILES string of the molecule is CCCNCC(CCC)N(C)C(C)c1ccccc1Cl. The zero-order valence-corrected chi connectivity index (χ0v) is 14.1. The molecule has 0 bridgehead atoms. The minimum absolute atomic E-state index is 0.337. The van der Waals surface area contributed by atoms with Crippen LogP contribution in [0.15, 0.2) is 24.3 Å². The second kappa shape index (κ2) is 9.38. The maximum absolute atomic E-state index is 6.33. The van der Waals surface area contributed by atoms with Gasteiger partial charge in [-0.1, -0.05) is 50.1 Å². The van der Waals surface area contributed by atoms with Crippen molar-refractivity contribution in [2.24, 2.45) is 0 Å². The van der Waals surface area contributed by atoms with Gasteiger partial charge in [0.2, 0.25) is 0 Å². The van der Waals surface area contributed by atoms with Crippen LogP contribution in [-0.4, -0.2) is 31.1 Å². The first-order chi connectivity index (χ1) is 9.61. The van der Waals surface area contributed by atoms with Crippen molar-refractivity contribution in [3.63, 3.8) is 0 Å². The molecule has 1 aromatic rings. The Bertz CT molecular complexity index is 381. The lowest BCUT2D eigenvalue weighted by molar-refractivity contribution is 0.171. The van der Waals surface area contributed by atoms with E-state index in [4.69, 9.17) is 11.6 Å². The molecular weight excluding hydrogens is 268 g/mol. The van der Waals surface area contributed by atoms with Gasteiger partial charge in [-0.15, -0.1) is 0 Å². The average molecular weight is 297 g/mol. The van der Waals surface area contributed by atoms with Crippen LogP contribution >= 0.6 is 11.6 Å². The van der Waals surface area contributed by atoms with Crippen molar-refractivity contribution in [2.75, 3.05) is 20.1 Å². The molecule has 0 radical (unpaired) electrons. The molecule has 20 heavy (non-hydrogen) atoms. The van der Waals surface area contributed by atoms with Crippen LogP contribution in [-0.2, 0) is 0 Å². The quantitative estimate of drug-likeness (QED) is 0.675. The molecule has 0 heterocycles. The first-order valence-electron chi connectivity index (χ1n) is 7.78. The van der Waals surface area contributed by atoms with Gasteiger partial charge in [0.25, 0.3) is 0 Å². The van der Waals surface area contributed by atoms with Crippen LogP contribution < -0.4 is 5.32 Å². The summed E-state index contributed by atoms with van der Waals surface area (Å²) < 4.78 is 0. The van der Waals surface area contributed by atoms with Gasteiger partial charge in [-0.05, 0) is 45.0 Å². The van der Waals surface area contributed by atoms with Crippen molar-refractivity contribution < 1.29 is 0 Å². The van der Waals surface area contributed by atoms with Crippen molar-refractivity contribution >= 4 is 11.6 Å². The van der Waals surface area contributed by atoms with Crippen molar-refractivity contribution in [1.29, 1.82) is 0 Å². The van der Waals surface area contributed by atoms with Crippen LogP contribution in [0.25, 0.3) is 0 Å². The molecule has 2 nitrogen and oxygen atoms in total.